The maximum absolute atomic E-state index is 13.3. The molecule has 1 amide bonds. The molecule has 2 unspecified atom stereocenters. The minimum absolute atomic E-state index is 0.00164. The lowest BCUT2D eigenvalue weighted by atomic mass is 10.1. The molecular weight excluding hydrogens is 241 g/mol. The molecule has 0 spiro atoms. The summed E-state index contributed by atoms with van der Waals surface area (Å²) in [6.07, 6.45) is 0.762. The van der Waals surface area contributed by atoms with Crippen molar-refractivity contribution >= 4 is 17.5 Å². The summed E-state index contributed by atoms with van der Waals surface area (Å²) >= 11 is 5.83. The van der Waals surface area contributed by atoms with Crippen molar-refractivity contribution in [1.29, 1.82) is 0 Å². The first-order valence-corrected chi connectivity index (χ1v) is 6.09. The van der Waals surface area contributed by atoms with Crippen molar-refractivity contribution in [2.45, 2.75) is 38.1 Å². The second-order valence-electron chi connectivity index (χ2n) is 4.25. The largest absolute Gasteiger partial charge is 0.353 e. The number of carbonyl (C=O) groups excluding carboxylic acids is 1. The van der Waals surface area contributed by atoms with Crippen LogP contribution in [0.4, 0.5) is 4.39 Å². The van der Waals surface area contributed by atoms with E-state index in [0.29, 0.717) is 12.0 Å². The third-order valence-electron chi connectivity index (χ3n) is 2.39. The van der Waals surface area contributed by atoms with Crippen LogP contribution >= 0.6 is 11.6 Å². The lowest BCUT2D eigenvalue weighted by Crippen LogP contribution is -2.35. The fourth-order valence-electron chi connectivity index (χ4n) is 1.69. The molecule has 1 N–H and O–H groups in total. The monoisotopic (exact) mass is 257 g/mol. The van der Waals surface area contributed by atoms with Gasteiger partial charge in [0.05, 0.1) is 6.42 Å². The van der Waals surface area contributed by atoms with Gasteiger partial charge in [-0.15, -0.1) is 11.6 Å². The number of halogens is 2. The molecule has 1 rings (SSSR count). The maximum atomic E-state index is 13.3. The minimum Gasteiger partial charge on any atom is -0.353 e. The Morgan fingerprint density at radius 2 is 2.06 bits per heavy atom. The van der Waals surface area contributed by atoms with E-state index in [1.54, 1.807) is 18.2 Å². The quantitative estimate of drug-likeness (QED) is 0.808. The van der Waals surface area contributed by atoms with Gasteiger partial charge in [0.25, 0.3) is 0 Å². The van der Waals surface area contributed by atoms with E-state index in [9.17, 15) is 9.18 Å². The van der Waals surface area contributed by atoms with Gasteiger partial charge in [0.2, 0.25) is 5.91 Å². The topological polar surface area (TPSA) is 29.1 Å². The predicted octanol–water partition coefficient (Wildman–Crippen LogP) is 2.89. The van der Waals surface area contributed by atoms with Crippen LogP contribution in [0.2, 0.25) is 0 Å². The Bertz CT molecular complexity index is 381. The summed E-state index contributed by atoms with van der Waals surface area (Å²) in [5.41, 5.74) is 0.413. The predicted molar refractivity (Wildman–Crippen MR) is 67.6 cm³/mol. The molecule has 17 heavy (non-hydrogen) atoms. The summed E-state index contributed by atoms with van der Waals surface area (Å²) in [7, 11) is 0. The standard InChI is InChI=1S/C13H17ClFNO/c1-9(14)7-10(2)16-13(17)8-11-5-3-4-6-12(11)15/h3-6,9-10H,7-8H2,1-2H3,(H,16,17). The van der Waals surface area contributed by atoms with Crippen LogP contribution < -0.4 is 5.32 Å². The molecule has 94 valence electrons. The van der Waals surface area contributed by atoms with Crippen LogP contribution in [0.1, 0.15) is 25.8 Å². The van der Waals surface area contributed by atoms with Crippen molar-refractivity contribution in [3.63, 3.8) is 0 Å². The van der Waals surface area contributed by atoms with Crippen LogP contribution in [-0.2, 0) is 11.2 Å². The van der Waals surface area contributed by atoms with E-state index < -0.39 is 0 Å². The van der Waals surface area contributed by atoms with Crippen LogP contribution in [0.5, 0.6) is 0 Å². The molecule has 0 aromatic heterocycles. The zero-order chi connectivity index (χ0) is 12.8. The van der Waals surface area contributed by atoms with Gasteiger partial charge in [0, 0.05) is 11.4 Å². The van der Waals surface area contributed by atoms with Crippen LogP contribution in [0.15, 0.2) is 24.3 Å². The molecule has 2 nitrogen and oxygen atoms in total. The van der Waals surface area contributed by atoms with Gasteiger partial charge in [-0.1, -0.05) is 18.2 Å². The number of carbonyl (C=O) groups is 1. The van der Waals surface area contributed by atoms with Crippen molar-refractivity contribution in [2.24, 2.45) is 0 Å². The zero-order valence-electron chi connectivity index (χ0n) is 10.0. The van der Waals surface area contributed by atoms with Crippen molar-refractivity contribution in [2.75, 3.05) is 0 Å². The van der Waals surface area contributed by atoms with Crippen molar-refractivity contribution in [3.05, 3.63) is 35.6 Å². The van der Waals surface area contributed by atoms with E-state index in [1.807, 2.05) is 13.8 Å². The number of amides is 1. The molecule has 2 atom stereocenters. The summed E-state index contributed by atoms with van der Waals surface area (Å²) in [5.74, 6) is -0.527. The second-order valence-corrected chi connectivity index (χ2v) is 5.00. The molecule has 0 bridgehead atoms. The first-order valence-electron chi connectivity index (χ1n) is 5.66. The number of hydrogen-bond donors (Lipinski definition) is 1. The summed E-state index contributed by atoms with van der Waals surface area (Å²) in [6.45, 7) is 3.76. The normalized spacial score (nSPS) is 14.1. The van der Waals surface area contributed by atoms with Crippen LogP contribution in [-0.4, -0.2) is 17.3 Å². The third-order valence-corrected chi connectivity index (χ3v) is 2.57. The molecule has 1 aromatic carbocycles. The van der Waals surface area contributed by atoms with Gasteiger partial charge in [0.1, 0.15) is 5.82 Å². The van der Waals surface area contributed by atoms with E-state index >= 15 is 0 Å². The molecule has 4 heteroatoms. The Morgan fingerprint density at radius 3 is 2.65 bits per heavy atom. The summed E-state index contributed by atoms with van der Waals surface area (Å²) in [5, 5.41) is 2.81. The smallest absolute Gasteiger partial charge is 0.224 e. The first kappa shape index (κ1) is 14.0. The molecule has 0 saturated heterocycles. The van der Waals surface area contributed by atoms with E-state index in [4.69, 9.17) is 11.6 Å². The number of alkyl halides is 1. The molecule has 0 fully saturated rings. The average molecular weight is 258 g/mol. The van der Waals surface area contributed by atoms with Crippen molar-refractivity contribution in [1.82, 2.24) is 5.32 Å². The highest BCUT2D eigenvalue weighted by Crippen LogP contribution is 2.08. The van der Waals surface area contributed by atoms with E-state index in [0.717, 1.165) is 0 Å². The Kier molecular flexibility index (Phi) is 5.42. The van der Waals surface area contributed by atoms with Crippen molar-refractivity contribution < 1.29 is 9.18 Å². The van der Waals surface area contributed by atoms with Crippen LogP contribution in [0, 0.1) is 5.82 Å². The van der Waals surface area contributed by atoms with Gasteiger partial charge < -0.3 is 5.32 Å². The highest BCUT2D eigenvalue weighted by atomic mass is 35.5. The maximum Gasteiger partial charge on any atom is 0.224 e. The molecule has 0 aliphatic heterocycles. The van der Waals surface area contributed by atoms with Gasteiger partial charge in [-0.25, -0.2) is 4.39 Å². The Morgan fingerprint density at radius 1 is 1.41 bits per heavy atom. The first-order chi connectivity index (χ1) is 7.99. The number of hydrogen-bond acceptors (Lipinski definition) is 1. The van der Waals surface area contributed by atoms with Gasteiger partial charge in [0.15, 0.2) is 0 Å². The SMILES string of the molecule is CC(Cl)CC(C)NC(=O)Cc1ccccc1F. The summed E-state index contributed by atoms with van der Waals surface area (Å²) in [4.78, 5) is 11.6. The Balaban J connectivity index is 2.47. The van der Waals surface area contributed by atoms with E-state index in [2.05, 4.69) is 5.32 Å². The Hall–Kier alpha value is -1.09. The van der Waals surface area contributed by atoms with Gasteiger partial charge in [-0.2, -0.15) is 0 Å². The molecule has 0 aliphatic carbocycles. The zero-order valence-corrected chi connectivity index (χ0v) is 10.8. The van der Waals surface area contributed by atoms with Crippen LogP contribution in [0.25, 0.3) is 0 Å². The molecule has 0 radical (unpaired) electrons. The van der Waals surface area contributed by atoms with Crippen molar-refractivity contribution in [3.8, 4) is 0 Å². The Labute approximate surface area is 106 Å². The fourth-order valence-corrected chi connectivity index (χ4v) is 1.95. The minimum atomic E-state index is -0.346. The molecule has 0 saturated carbocycles. The molecule has 1 aromatic rings. The van der Waals surface area contributed by atoms with Gasteiger partial charge in [-0.05, 0) is 31.9 Å². The highest BCUT2D eigenvalue weighted by Gasteiger charge is 2.12. The second kappa shape index (κ2) is 6.60. The van der Waals surface area contributed by atoms with E-state index in [-0.39, 0.29) is 29.6 Å². The lowest BCUT2D eigenvalue weighted by molar-refractivity contribution is -0.121. The van der Waals surface area contributed by atoms with Crippen LogP contribution in [0.3, 0.4) is 0 Å². The molecular formula is C13H17ClFNO. The van der Waals surface area contributed by atoms with E-state index in [1.165, 1.54) is 6.07 Å². The third kappa shape index (κ3) is 5.18. The number of rotatable bonds is 5. The fraction of sp³-hybridized carbons (Fsp3) is 0.462. The summed E-state index contributed by atoms with van der Waals surface area (Å²) in [6, 6.07) is 6.29. The lowest BCUT2D eigenvalue weighted by Gasteiger charge is -2.15. The van der Waals surface area contributed by atoms with Gasteiger partial charge >= 0.3 is 0 Å². The molecule has 0 aliphatic rings. The number of benzene rings is 1. The molecule has 0 heterocycles. The average Bonchev–Trinajstić information content (AvgIpc) is 2.19. The van der Waals surface area contributed by atoms with Gasteiger partial charge in [-0.3, -0.25) is 4.79 Å². The highest BCUT2D eigenvalue weighted by molar-refractivity contribution is 6.20. The summed E-state index contributed by atoms with van der Waals surface area (Å²) < 4.78 is 13.3. The number of nitrogens with one attached hydrogen (secondary N) is 1.